The van der Waals surface area contributed by atoms with Crippen molar-refractivity contribution >= 4 is 29.5 Å². The highest BCUT2D eigenvalue weighted by atomic mass is 32.2. The smallest absolute Gasteiger partial charge is 0.330 e. The van der Waals surface area contributed by atoms with Crippen LogP contribution in [-0.4, -0.2) is 47.1 Å². The van der Waals surface area contributed by atoms with E-state index in [2.05, 4.69) is 11.9 Å². The maximum Gasteiger partial charge on any atom is 0.330 e. The SMILES string of the molecule is C=CCNC(=O)[C@H](C)OC(=O)[C@@H]1CS[C@@]2(c3ccccc3)CCC(=O)N12. The molecule has 0 aromatic heterocycles. The Morgan fingerprint density at radius 1 is 1.46 bits per heavy atom. The summed E-state index contributed by atoms with van der Waals surface area (Å²) in [5, 5.41) is 2.60. The van der Waals surface area contributed by atoms with Crippen LogP contribution in [0.15, 0.2) is 43.0 Å². The van der Waals surface area contributed by atoms with Gasteiger partial charge in [0.25, 0.3) is 5.91 Å². The van der Waals surface area contributed by atoms with Crippen LogP contribution < -0.4 is 5.32 Å². The molecule has 1 aromatic rings. The highest BCUT2D eigenvalue weighted by Crippen LogP contribution is 2.54. The van der Waals surface area contributed by atoms with E-state index in [0.29, 0.717) is 25.1 Å². The number of carbonyl (C=O) groups excluding carboxylic acids is 3. The summed E-state index contributed by atoms with van der Waals surface area (Å²) in [7, 11) is 0. The second-order valence-corrected chi connectivity index (χ2v) is 7.65. The number of rotatable bonds is 6. The number of fused-ring (bicyclic) bond motifs is 1. The number of thioether (sulfide) groups is 1. The number of esters is 1. The van der Waals surface area contributed by atoms with Crippen LogP contribution in [0.2, 0.25) is 0 Å². The van der Waals surface area contributed by atoms with Gasteiger partial charge in [-0.1, -0.05) is 36.4 Å². The summed E-state index contributed by atoms with van der Waals surface area (Å²) < 4.78 is 5.34. The molecule has 2 amide bonds. The number of carbonyl (C=O) groups is 3. The number of hydrogen-bond acceptors (Lipinski definition) is 5. The third-order valence-corrected chi connectivity index (χ3v) is 6.30. The number of nitrogens with one attached hydrogen (secondary N) is 1. The zero-order valence-electron chi connectivity index (χ0n) is 14.6. The zero-order chi connectivity index (χ0) is 18.7. The molecule has 1 aromatic carbocycles. The first-order valence-electron chi connectivity index (χ1n) is 8.60. The van der Waals surface area contributed by atoms with Crippen LogP contribution in [0.25, 0.3) is 0 Å². The van der Waals surface area contributed by atoms with E-state index in [1.54, 1.807) is 22.7 Å². The van der Waals surface area contributed by atoms with E-state index in [1.807, 2.05) is 30.3 Å². The Labute approximate surface area is 157 Å². The van der Waals surface area contributed by atoms with Gasteiger partial charge in [-0.05, 0) is 18.9 Å². The molecule has 1 N–H and O–H groups in total. The van der Waals surface area contributed by atoms with E-state index in [1.165, 1.54) is 6.92 Å². The van der Waals surface area contributed by atoms with Gasteiger partial charge in [0.15, 0.2) is 6.10 Å². The van der Waals surface area contributed by atoms with Gasteiger partial charge in [0, 0.05) is 18.7 Å². The van der Waals surface area contributed by atoms with E-state index in [4.69, 9.17) is 4.74 Å². The van der Waals surface area contributed by atoms with Crippen molar-refractivity contribution in [1.29, 1.82) is 0 Å². The van der Waals surface area contributed by atoms with Crippen LogP contribution in [0.5, 0.6) is 0 Å². The second-order valence-electron chi connectivity index (χ2n) is 6.35. The first-order valence-corrected chi connectivity index (χ1v) is 9.59. The highest BCUT2D eigenvalue weighted by molar-refractivity contribution is 8.00. The fourth-order valence-corrected chi connectivity index (χ4v) is 5.07. The predicted octanol–water partition coefficient (Wildman–Crippen LogP) is 1.81. The summed E-state index contributed by atoms with van der Waals surface area (Å²) in [6, 6.07) is 9.09. The number of nitrogens with zero attached hydrogens (tertiary/aromatic N) is 1. The maximum absolute atomic E-state index is 12.7. The van der Waals surface area contributed by atoms with Crippen molar-refractivity contribution in [1.82, 2.24) is 10.2 Å². The number of benzene rings is 1. The van der Waals surface area contributed by atoms with Crippen molar-refractivity contribution in [3.05, 3.63) is 48.6 Å². The Kier molecular flexibility index (Phi) is 5.36. The number of amides is 2. The van der Waals surface area contributed by atoms with E-state index >= 15 is 0 Å². The third kappa shape index (κ3) is 3.23. The summed E-state index contributed by atoms with van der Waals surface area (Å²) in [5.74, 6) is -0.511. The summed E-state index contributed by atoms with van der Waals surface area (Å²) in [5.41, 5.74) is 1.02. The molecule has 6 nitrogen and oxygen atoms in total. The number of ether oxygens (including phenoxy) is 1. The van der Waals surface area contributed by atoms with Crippen LogP contribution in [0.3, 0.4) is 0 Å². The first-order chi connectivity index (χ1) is 12.5. The molecule has 3 rings (SSSR count). The van der Waals surface area contributed by atoms with E-state index in [0.717, 1.165) is 5.56 Å². The quantitative estimate of drug-likeness (QED) is 0.607. The molecule has 2 fully saturated rings. The van der Waals surface area contributed by atoms with Gasteiger partial charge < -0.3 is 15.0 Å². The molecule has 2 aliphatic heterocycles. The molecule has 3 atom stereocenters. The van der Waals surface area contributed by atoms with Crippen molar-refractivity contribution < 1.29 is 19.1 Å². The molecule has 7 heteroatoms. The molecular weight excluding hydrogens is 352 g/mol. The highest BCUT2D eigenvalue weighted by Gasteiger charge is 2.57. The lowest BCUT2D eigenvalue weighted by molar-refractivity contribution is -0.161. The lowest BCUT2D eigenvalue weighted by Crippen LogP contribution is -2.48. The van der Waals surface area contributed by atoms with Crippen LogP contribution in [0.1, 0.15) is 25.3 Å². The van der Waals surface area contributed by atoms with Gasteiger partial charge in [-0.15, -0.1) is 18.3 Å². The fraction of sp³-hybridized carbons (Fsp3) is 0.421. The van der Waals surface area contributed by atoms with Gasteiger partial charge in [-0.25, -0.2) is 4.79 Å². The van der Waals surface area contributed by atoms with Crippen molar-refractivity contribution in [2.75, 3.05) is 12.3 Å². The predicted molar refractivity (Wildman–Crippen MR) is 99.2 cm³/mol. The van der Waals surface area contributed by atoms with Gasteiger partial charge in [-0.3, -0.25) is 9.59 Å². The van der Waals surface area contributed by atoms with Crippen LogP contribution in [0.4, 0.5) is 0 Å². The van der Waals surface area contributed by atoms with Crippen molar-refractivity contribution in [3.8, 4) is 0 Å². The zero-order valence-corrected chi connectivity index (χ0v) is 15.5. The average Bonchev–Trinajstić information content (AvgIpc) is 3.20. The minimum absolute atomic E-state index is 0.0513. The van der Waals surface area contributed by atoms with Crippen molar-refractivity contribution in [3.63, 3.8) is 0 Å². The summed E-state index contributed by atoms with van der Waals surface area (Å²) in [6.45, 7) is 5.36. The summed E-state index contributed by atoms with van der Waals surface area (Å²) in [4.78, 5) is 38.2. The average molecular weight is 374 g/mol. The van der Waals surface area contributed by atoms with E-state index in [9.17, 15) is 14.4 Å². The molecule has 0 aliphatic carbocycles. The topological polar surface area (TPSA) is 75.7 Å². The lowest BCUT2D eigenvalue weighted by atomic mass is 10.0. The summed E-state index contributed by atoms with van der Waals surface area (Å²) >= 11 is 1.59. The van der Waals surface area contributed by atoms with E-state index in [-0.39, 0.29) is 11.8 Å². The number of hydrogen-bond donors (Lipinski definition) is 1. The summed E-state index contributed by atoms with van der Waals surface area (Å²) in [6.07, 6.45) is 1.70. The largest absolute Gasteiger partial charge is 0.451 e. The molecule has 0 saturated carbocycles. The Morgan fingerprint density at radius 2 is 2.19 bits per heavy atom. The van der Waals surface area contributed by atoms with E-state index < -0.39 is 23.0 Å². The monoisotopic (exact) mass is 374 g/mol. The molecule has 0 bridgehead atoms. The molecule has 2 aliphatic rings. The normalized spacial score (nSPS) is 25.5. The molecule has 138 valence electrons. The van der Waals surface area contributed by atoms with Gasteiger partial charge in [-0.2, -0.15) is 0 Å². The Morgan fingerprint density at radius 3 is 2.88 bits per heavy atom. The minimum atomic E-state index is -0.920. The second kappa shape index (κ2) is 7.53. The Bertz CT molecular complexity index is 724. The minimum Gasteiger partial charge on any atom is -0.451 e. The van der Waals surface area contributed by atoms with Crippen LogP contribution in [-0.2, 0) is 24.0 Å². The van der Waals surface area contributed by atoms with Gasteiger partial charge in [0.2, 0.25) is 5.91 Å². The standard InChI is InChI=1S/C19H22N2O4S/c1-3-11-20-17(23)13(2)25-18(24)15-12-26-19(10-9-16(22)21(15)19)14-7-5-4-6-8-14/h3-8,13,15H,1,9-12H2,2H3,(H,20,23)/t13-,15-,19+/m0/s1. The van der Waals surface area contributed by atoms with Crippen LogP contribution >= 0.6 is 11.8 Å². The fourth-order valence-electron chi connectivity index (χ4n) is 3.44. The van der Waals surface area contributed by atoms with Gasteiger partial charge in [0.1, 0.15) is 10.9 Å². The molecule has 0 radical (unpaired) electrons. The van der Waals surface area contributed by atoms with Gasteiger partial charge >= 0.3 is 5.97 Å². The maximum atomic E-state index is 12.7. The molecule has 2 heterocycles. The Hall–Kier alpha value is -2.28. The first kappa shape index (κ1) is 18.5. The van der Waals surface area contributed by atoms with Crippen molar-refractivity contribution in [2.45, 2.75) is 36.8 Å². The van der Waals surface area contributed by atoms with Crippen LogP contribution in [0, 0.1) is 0 Å². The molecule has 0 spiro atoms. The molecule has 26 heavy (non-hydrogen) atoms. The molecule has 2 saturated heterocycles. The lowest BCUT2D eigenvalue weighted by Gasteiger charge is -2.33. The van der Waals surface area contributed by atoms with Gasteiger partial charge in [0.05, 0.1) is 0 Å². The Balaban J connectivity index is 1.75. The third-order valence-electron chi connectivity index (χ3n) is 4.71. The van der Waals surface area contributed by atoms with Crippen molar-refractivity contribution in [2.24, 2.45) is 0 Å². The molecule has 0 unspecified atom stereocenters. The molecular formula is C19H22N2O4S.